The van der Waals surface area contributed by atoms with Crippen molar-refractivity contribution >= 4 is 58.2 Å². The summed E-state index contributed by atoms with van der Waals surface area (Å²) in [7, 11) is 0. The predicted molar refractivity (Wildman–Crippen MR) is 322 cm³/mol. The number of fused-ring (bicyclic) bond motifs is 4. The third-order valence-corrected chi connectivity index (χ3v) is 23.0. The van der Waals surface area contributed by atoms with Crippen LogP contribution >= 0.6 is 0 Å². The molecule has 450 valence electrons. The van der Waals surface area contributed by atoms with Gasteiger partial charge in [0.05, 0.1) is 50.3 Å². The van der Waals surface area contributed by atoms with Gasteiger partial charge in [-0.25, -0.2) is 0 Å². The lowest BCUT2D eigenvalue weighted by Gasteiger charge is -2.58. The molecule has 2 saturated carbocycles. The van der Waals surface area contributed by atoms with E-state index in [4.69, 9.17) is 9.47 Å². The number of carbonyl (C=O) groups is 6. The van der Waals surface area contributed by atoms with E-state index in [2.05, 4.69) is 77.3 Å². The van der Waals surface area contributed by atoms with Gasteiger partial charge in [-0.05, 0) is 137 Å². The molecule has 0 aromatic heterocycles. The second-order valence-electron chi connectivity index (χ2n) is 27.4. The fourth-order valence-electron chi connectivity index (χ4n) is 19.5. The molecule has 10 aliphatic heterocycles. The summed E-state index contributed by atoms with van der Waals surface area (Å²) in [5.74, 6) is 2.08. The van der Waals surface area contributed by atoms with Gasteiger partial charge in [0, 0.05) is 109 Å². The molecule has 0 unspecified atom stereocenters. The van der Waals surface area contributed by atoms with E-state index >= 15 is 0 Å². The molecular weight excluding hydrogens is 1060 g/mol. The lowest BCUT2D eigenvalue weighted by Crippen LogP contribution is -2.69. The molecule has 2 aromatic carbocycles. The molecule has 2 aromatic rings. The Labute approximate surface area is 496 Å². The van der Waals surface area contributed by atoms with E-state index in [1.807, 2.05) is 12.1 Å². The van der Waals surface area contributed by atoms with Crippen LogP contribution in [0.4, 0.5) is 22.7 Å². The minimum absolute atomic E-state index is 0.0137. The first kappa shape index (κ1) is 56.4. The van der Waals surface area contributed by atoms with E-state index in [1.54, 1.807) is 0 Å². The minimum Gasteiger partial charge on any atom is -0.373 e. The summed E-state index contributed by atoms with van der Waals surface area (Å²) >= 11 is 0. The molecule has 14 rings (SSSR count). The SMILES string of the molecule is O=C(CCCCCCCCCCCCCCC(=O)NCCCCC(=O)Nc1ccc2c(c1)[C@@]13CCN4CC5=CCO[C@H]6CC(=O)N2[C@H]1[C@H]6[C@H]5C[C@H]43)NCCCCC(=O)Nc1ccc2c(c1)[C@@]13CCN4CC5=CCO[C@H]6CC(=O)N2[C@H]1[C@H]6[C@H]5C[C@H]43. The molecule has 2 spiro atoms. The number of nitrogens with one attached hydrogen (secondary N) is 4. The molecule has 12 aliphatic rings. The Kier molecular flexibility index (Phi) is 15.9. The maximum atomic E-state index is 13.8. The molecule has 84 heavy (non-hydrogen) atoms. The van der Waals surface area contributed by atoms with E-state index in [9.17, 15) is 28.8 Å². The number of amides is 6. The number of rotatable bonds is 27. The fraction of sp³-hybridized carbons (Fsp3) is 0.676. The highest BCUT2D eigenvalue weighted by atomic mass is 16.5. The van der Waals surface area contributed by atoms with Crippen molar-refractivity contribution in [1.29, 1.82) is 0 Å². The van der Waals surface area contributed by atoms with Crippen molar-refractivity contribution in [2.75, 3.05) is 72.9 Å². The quantitative estimate of drug-likeness (QED) is 0.0498. The summed E-state index contributed by atoms with van der Waals surface area (Å²) in [4.78, 5) is 88.7. The Hall–Kier alpha value is -5.42. The average Bonchev–Trinajstić information content (AvgIpc) is 1.54. The standard InChI is InChI=1S/C68H90N8O8/c77-57(69-29-15-13-19-59(79)71-45-21-23-51-49(35-45)67-27-31-73-41-43-25-33-83-53-39-61(81)75(51)65(67)63(53)47(43)37-55(67)73)17-11-9-7-5-3-1-2-4-6-8-10-12-18-58(78)70-30-16-14-20-60(80)72-46-22-24-52-50(36-46)68-28-32-74-42-44-26-34-84-54-40-62(82)76(52)66(68)64(54)48(44)38-56(68)74/h21-26,35-36,47-48,53-56,63-66H,1-20,27-34,37-42H2,(H,69,77)(H,70,78)(H,71,79)(H,72,80)/t47-,48-,53-,54-,55-,56-,63-,64-,65-,66-,67+,68+/m0/s1. The molecular formula is C68H90N8O8. The van der Waals surface area contributed by atoms with Crippen LogP contribution < -0.4 is 31.1 Å². The lowest BCUT2D eigenvalue weighted by atomic mass is 9.53. The first-order chi connectivity index (χ1) is 41.1. The molecule has 12 atom stereocenters. The number of unbranched alkanes of at least 4 members (excludes halogenated alkanes) is 13. The van der Waals surface area contributed by atoms with Crippen molar-refractivity contribution in [3.05, 3.63) is 70.8 Å². The maximum absolute atomic E-state index is 13.8. The van der Waals surface area contributed by atoms with Gasteiger partial charge in [-0.1, -0.05) is 87.5 Å². The van der Waals surface area contributed by atoms with Crippen LogP contribution in [0.1, 0.15) is 178 Å². The summed E-state index contributed by atoms with van der Waals surface area (Å²) in [5.41, 5.74) is 8.93. The van der Waals surface area contributed by atoms with Gasteiger partial charge in [0.2, 0.25) is 35.4 Å². The van der Waals surface area contributed by atoms with Gasteiger partial charge in [-0.15, -0.1) is 0 Å². The van der Waals surface area contributed by atoms with Crippen molar-refractivity contribution < 1.29 is 38.2 Å². The smallest absolute Gasteiger partial charge is 0.229 e. The maximum Gasteiger partial charge on any atom is 0.229 e. The Morgan fingerprint density at radius 3 is 1.32 bits per heavy atom. The van der Waals surface area contributed by atoms with Gasteiger partial charge in [0.15, 0.2) is 0 Å². The Morgan fingerprint density at radius 2 is 0.893 bits per heavy atom. The van der Waals surface area contributed by atoms with E-state index in [0.717, 1.165) is 126 Å². The summed E-state index contributed by atoms with van der Waals surface area (Å²) in [6, 6.07) is 13.5. The van der Waals surface area contributed by atoms with Crippen LogP contribution in [0, 0.1) is 23.7 Å². The number of nitrogens with zero attached hydrogens (tertiary/aromatic N) is 4. The molecule has 8 fully saturated rings. The van der Waals surface area contributed by atoms with E-state index in [0.29, 0.717) is 113 Å². The molecule has 4 N–H and O–H groups in total. The van der Waals surface area contributed by atoms with Crippen LogP contribution in [-0.4, -0.2) is 134 Å². The highest BCUT2D eigenvalue weighted by Crippen LogP contribution is 2.68. The molecule has 6 saturated heterocycles. The number of anilines is 4. The Morgan fingerprint density at radius 1 is 0.500 bits per heavy atom. The summed E-state index contributed by atoms with van der Waals surface area (Å²) in [5, 5.41) is 12.5. The third-order valence-electron chi connectivity index (χ3n) is 23.0. The molecule has 2 aliphatic carbocycles. The topological polar surface area (TPSA) is 182 Å². The molecule has 0 radical (unpaired) electrons. The number of hydrogen-bond acceptors (Lipinski definition) is 10. The average molecular weight is 1150 g/mol. The lowest BCUT2D eigenvalue weighted by molar-refractivity contribution is -0.133. The van der Waals surface area contributed by atoms with Gasteiger partial charge >= 0.3 is 0 Å². The van der Waals surface area contributed by atoms with Gasteiger partial charge in [-0.3, -0.25) is 38.6 Å². The van der Waals surface area contributed by atoms with Gasteiger partial charge in [-0.2, -0.15) is 0 Å². The monoisotopic (exact) mass is 1150 g/mol. The van der Waals surface area contributed by atoms with Gasteiger partial charge in [0.25, 0.3) is 0 Å². The first-order valence-electron chi connectivity index (χ1n) is 33.3. The molecule has 4 bridgehead atoms. The predicted octanol–water partition coefficient (Wildman–Crippen LogP) is 9.11. The Balaban J connectivity index is 0.408. The van der Waals surface area contributed by atoms with Gasteiger partial charge < -0.3 is 40.5 Å². The second-order valence-corrected chi connectivity index (χ2v) is 27.4. The zero-order chi connectivity index (χ0) is 57.1. The minimum atomic E-state index is -0.128. The van der Waals surface area contributed by atoms with E-state index < -0.39 is 0 Å². The summed E-state index contributed by atoms with van der Waals surface area (Å²) < 4.78 is 12.8. The highest BCUT2D eigenvalue weighted by Gasteiger charge is 2.73. The van der Waals surface area contributed by atoms with E-state index in [-0.39, 0.29) is 70.6 Å². The Bertz CT molecular complexity index is 2780. The number of hydrogen-bond donors (Lipinski definition) is 4. The first-order valence-corrected chi connectivity index (χ1v) is 33.3. The largest absolute Gasteiger partial charge is 0.373 e. The van der Waals surface area contributed by atoms with Crippen LogP contribution in [-0.2, 0) is 49.1 Å². The molecule has 16 nitrogen and oxygen atoms in total. The van der Waals surface area contributed by atoms with E-state index in [1.165, 1.54) is 60.8 Å². The summed E-state index contributed by atoms with van der Waals surface area (Å²) in [6.45, 7) is 6.46. The number of benzene rings is 2. The van der Waals surface area contributed by atoms with Crippen molar-refractivity contribution in [3.63, 3.8) is 0 Å². The van der Waals surface area contributed by atoms with Crippen LogP contribution in [0.3, 0.4) is 0 Å². The van der Waals surface area contributed by atoms with Crippen LogP contribution in [0.25, 0.3) is 0 Å². The fourth-order valence-corrected chi connectivity index (χ4v) is 19.5. The van der Waals surface area contributed by atoms with Crippen LogP contribution in [0.5, 0.6) is 0 Å². The van der Waals surface area contributed by atoms with Crippen molar-refractivity contribution in [1.82, 2.24) is 20.4 Å². The van der Waals surface area contributed by atoms with Crippen LogP contribution in [0.15, 0.2) is 59.7 Å². The number of ether oxygens (including phenoxy) is 2. The van der Waals surface area contributed by atoms with Crippen LogP contribution in [0.2, 0.25) is 0 Å². The molecule has 10 heterocycles. The second kappa shape index (κ2) is 23.7. The zero-order valence-corrected chi connectivity index (χ0v) is 49.5. The normalized spacial score (nSPS) is 32.0. The molecule has 6 amide bonds. The van der Waals surface area contributed by atoms with Crippen molar-refractivity contribution in [3.8, 4) is 0 Å². The zero-order valence-electron chi connectivity index (χ0n) is 49.5. The third kappa shape index (κ3) is 9.96. The number of carbonyl (C=O) groups excluding carboxylic acids is 6. The highest BCUT2D eigenvalue weighted by molar-refractivity contribution is 6.01. The molecule has 16 heteroatoms. The van der Waals surface area contributed by atoms with Gasteiger partial charge in [0.1, 0.15) is 0 Å². The summed E-state index contributed by atoms with van der Waals surface area (Å²) in [6.07, 6.45) is 28.2. The number of piperidine rings is 4. The van der Waals surface area contributed by atoms with Crippen molar-refractivity contribution in [2.45, 2.75) is 214 Å². The van der Waals surface area contributed by atoms with Crippen molar-refractivity contribution in [2.24, 2.45) is 23.7 Å².